The van der Waals surface area contributed by atoms with Crippen LogP contribution in [0, 0.1) is 5.41 Å². The van der Waals surface area contributed by atoms with Crippen molar-refractivity contribution in [2.24, 2.45) is 5.41 Å². The van der Waals surface area contributed by atoms with E-state index in [-0.39, 0.29) is 35.3 Å². The minimum absolute atomic E-state index is 0.0331. The van der Waals surface area contributed by atoms with E-state index in [1.165, 1.54) is 7.11 Å². The topological polar surface area (TPSA) is 108 Å². The fourth-order valence-corrected chi connectivity index (χ4v) is 5.79. The summed E-state index contributed by atoms with van der Waals surface area (Å²) in [6.45, 7) is 6.56. The van der Waals surface area contributed by atoms with Gasteiger partial charge in [-0.3, -0.25) is 4.79 Å². The lowest BCUT2D eigenvalue weighted by molar-refractivity contribution is -0.138. The smallest absolute Gasteiger partial charge is 0.248 e. The number of carbonyl (C=O) groups is 1. The van der Waals surface area contributed by atoms with Crippen molar-refractivity contribution in [1.82, 2.24) is 14.5 Å². The summed E-state index contributed by atoms with van der Waals surface area (Å²) in [6, 6.07) is 5.18. The van der Waals surface area contributed by atoms with Crippen LogP contribution in [0.15, 0.2) is 23.1 Å². The molecule has 1 fully saturated rings. The Bertz CT molecular complexity index is 928. The van der Waals surface area contributed by atoms with Gasteiger partial charge in [-0.05, 0) is 43.5 Å². The highest BCUT2D eigenvalue weighted by Gasteiger charge is 2.39. The number of aliphatic hydroxyl groups excluding tert-OH is 1. The van der Waals surface area contributed by atoms with Crippen LogP contribution < -0.4 is 9.46 Å². The number of methoxy groups -OCH3 is 1. The first-order chi connectivity index (χ1) is 15.5. The number of benzene rings is 1. The van der Waals surface area contributed by atoms with Crippen LogP contribution in [0.3, 0.4) is 0 Å². The minimum Gasteiger partial charge on any atom is -0.492 e. The third kappa shape index (κ3) is 6.45. The zero-order chi connectivity index (χ0) is 24.2. The molecule has 2 heterocycles. The van der Waals surface area contributed by atoms with Gasteiger partial charge in [0.05, 0.1) is 12.7 Å². The van der Waals surface area contributed by atoms with E-state index in [9.17, 15) is 18.3 Å². The maximum atomic E-state index is 13.0. The van der Waals surface area contributed by atoms with Crippen LogP contribution in [0.4, 0.5) is 0 Å². The van der Waals surface area contributed by atoms with Crippen molar-refractivity contribution in [3.8, 4) is 5.75 Å². The summed E-state index contributed by atoms with van der Waals surface area (Å²) in [5.74, 6) is 0.505. The number of ether oxygens (including phenoxy) is 2. The molecule has 1 saturated heterocycles. The van der Waals surface area contributed by atoms with Gasteiger partial charge in [-0.1, -0.05) is 19.9 Å². The third-order valence-corrected chi connectivity index (χ3v) is 8.00. The first-order valence-electron chi connectivity index (χ1n) is 11.4. The number of likely N-dealkylation sites (tertiary alicyclic amines) is 1. The number of nitrogens with zero attached hydrogens (tertiary/aromatic N) is 2. The molecule has 0 saturated carbocycles. The van der Waals surface area contributed by atoms with Crippen molar-refractivity contribution in [1.29, 1.82) is 0 Å². The van der Waals surface area contributed by atoms with E-state index >= 15 is 0 Å². The average molecular weight is 484 g/mol. The molecule has 2 aliphatic heterocycles. The van der Waals surface area contributed by atoms with Gasteiger partial charge in [-0.2, -0.15) is 0 Å². The highest BCUT2D eigenvalue weighted by atomic mass is 32.2. The van der Waals surface area contributed by atoms with Crippen molar-refractivity contribution < 1.29 is 27.8 Å². The first-order valence-corrected chi connectivity index (χ1v) is 12.9. The molecule has 1 aromatic carbocycles. The van der Waals surface area contributed by atoms with Gasteiger partial charge >= 0.3 is 0 Å². The number of rotatable bonds is 3. The molecule has 2 aliphatic rings. The van der Waals surface area contributed by atoms with Crippen LogP contribution in [-0.4, -0.2) is 95.4 Å². The predicted octanol–water partition coefficient (Wildman–Crippen LogP) is 1.03. The molecule has 0 radical (unpaired) electrons. The zero-order valence-electron chi connectivity index (χ0n) is 20.0. The lowest BCUT2D eigenvalue weighted by Gasteiger charge is -2.44. The number of hydrogen-bond donors (Lipinski definition) is 2. The number of amides is 1. The summed E-state index contributed by atoms with van der Waals surface area (Å²) in [5.41, 5.74) is 0.710. The van der Waals surface area contributed by atoms with Gasteiger partial charge in [0.1, 0.15) is 17.3 Å². The Labute approximate surface area is 197 Å². The molecule has 2 N–H and O–H groups in total. The number of aliphatic hydroxyl groups is 1. The number of β-amino-alcohol motifs (C(OH)–C–C–N with tert-alkyl or cyclic N) is 1. The highest BCUT2D eigenvalue weighted by Crippen LogP contribution is 2.36. The average Bonchev–Trinajstić information content (AvgIpc) is 2.76. The second-order valence-corrected chi connectivity index (χ2v) is 11.4. The summed E-state index contributed by atoms with van der Waals surface area (Å²) in [6.07, 6.45) is 0.587. The second kappa shape index (κ2) is 10.7. The number of piperidine rings is 1. The van der Waals surface area contributed by atoms with Crippen LogP contribution in [-0.2, 0) is 19.6 Å². The van der Waals surface area contributed by atoms with E-state index in [2.05, 4.69) is 4.72 Å². The van der Waals surface area contributed by atoms with E-state index in [0.29, 0.717) is 51.4 Å². The maximum absolute atomic E-state index is 13.0. The molecule has 3 rings (SSSR count). The number of carbonyl (C=O) groups excluding carboxylic acids is 1. The van der Waals surface area contributed by atoms with Crippen molar-refractivity contribution in [3.63, 3.8) is 0 Å². The Morgan fingerprint density at radius 2 is 2.03 bits per heavy atom. The van der Waals surface area contributed by atoms with E-state index in [1.807, 2.05) is 25.8 Å². The van der Waals surface area contributed by atoms with Gasteiger partial charge in [0, 0.05) is 45.2 Å². The monoisotopic (exact) mass is 483 g/mol. The number of nitrogens with one attached hydrogen (secondary N) is 1. The van der Waals surface area contributed by atoms with Crippen molar-refractivity contribution in [2.75, 3.05) is 60.1 Å². The molecular weight excluding hydrogens is 446 g/mol. The normalized spacial score (nSPS) is 23.9. The van der Waals surface area contributed by atoms with Crippen molar-refractivity contribution in [3.05, 3.63) is 23.8 Å². The summed E-state index contributed by atoms with van der Waals surface area (Å²) in [5, 5.41) is 10.5. The molecular formula is C23H37N3O6S. The predicted molar refractivity (Wildman–Crippen MR) is 125 cm³/mol. The largest absolute Gasteiger partial charge is 0.492 e. The fourth-order valence-electron chi connectivity index (χ4n) is 4.59. The maximum Gasteiger partial charge on any atom is 0.248 e. The molecule has 0 aliphatic carbocycles. The highest BCUT2D eigenvalue weighted by molar-refractivity contribution is 7.89. The molecule has 0 bridgehead atoms. The quantitative estimate of drug-likeness (QED) is 0.661. The standard InChI is InChI=1S/C23H37N3O6S/c1-17(2)18-5-6-21-20(11-18)32-16-23(7-9-26(10-8-23)22(28)14-31-4)15-25(3)13-19(27)12-24-33(21,29)30/h5-6,11,17,19,24,27H,7-10,12-16H2,1-4H3. The van der Waals surface area contributed by atoms with Gasteiger partial charge in [0.25, 0.3) is 0 Å². The summed E-state index contributed by atoms with van der Waals surface area (Å²) >= 11 is 0. The lowest BCUT2D eigenvalue weighted by atomic mass is 9.78. The summed E-state index contributed by atoms with van der Waals surface area (Å²) < 4.78 is 39.7. The molecule has 33 heavy (non-hydrogen) atoms. The van der Waals surface area contributed by atoms with E-state index in [4.69, 9.17) is 9.47 Å². The number of hydrogen-bond acceptors (Lipinski definition) is 7. The Hall–Kier alpha value is -1.72. The van der Waals surface area contributed by atoms with E-state index in [1.54, 1.807) is 23.1 Å². The van der Waals surface area contributed by atoms with Gasteiger partial charge in [-0.25, -0.2) is 13.1 Å². The molecule has 1 spiro atoms. The number of sulfonamides is 1. The van der Waals surface area contributed by atoms with Gasteiger partial charge in [0.2, 0.25) is 15.9 Å². The fraction of sp³-hybridized carbons (Fsp3) is 0.696. The van der Waals surface area contributed by atoms with Crippen molar-refractivity contribution in [2.45, 2.75) is 43.6 Å². The van der Waals surface area contributed by atoms with Gasteiger partial charge in [0.15, 0.2) is 0 Å². The Morgan fingerprint density at radius 3 is 2.67 bits per heavy atom. The van der Waals surface area contributed by atoms with Crippen LogP contribution in [0.5, 0.6) is 5.75 Å². The third-order valence-electron chi connectivity index (χ3n) is 6.54. The van der Waals surface area contributed by atoms with E-state index in [0.717, 1.165) is 5.56 Å². The SMILES string of the molecule is COCC(=O)N1CCC2(CC1)COc1cc(C(C)C)ccc1S(=O)(=O)NCC(O)CN(C)C2. The van der Waals surface area contributed by atoms with Crippen LogP contribution in [0.1, 0.15) is 38.2 Å². The molecule has 10 heteroatoms. The number of fused-ring (bicyclic) bond motifs is 1. The second-order valence-electron chi connectivity index (χ2n) is 9.67. The molecule has 1 amide bonds. The lowest BCUT2D eigenvalue weighted by Crippen LogP contribution is -2.52. The molecule has 1 unspecified atom stereocenters. The van der Waals surface area contributed by atoms with Gasteiger partial charge in [-0.15, -0.1) is 0 Å². The van der Waals surface area contributed by atoms with Crippen LogP contribution >= 0.6 is 0 Å². The van der Waals surface area contributed by atoms with Crippen molar-refractivity contribution >= 4 is 15.9 Å². The number of likely N-dealkylation sites (N-methyl/N-ethyl adjacent to an activating group) is 1. The summed E-state index contributed by atoms with van der Waals surface area (Å²) in [4.78, 5) is 16.2. The molecule has 1 aromatic rings. The molecule has 186 valence electrons. The van der Waals surface area contributed by atoms with Crippen LogP contribution in [0.2, 0.25) is 0 Å². The first kappa shape index (κ1) is 25.9. The van der Waals surface area contributed by atoms with Gasteiger partial charge < -0.3 is 24.4 Å². The van der Waals surface area contributed by atoms with Crippen LogP contribution in [0.25, 0.3) is 0 Å². The minimum atomic E-state index is -3.85. The molecule has 9 nitrogen and oxygen atoms in total. The summed E-state index contributed by atoms with van der Waals surface area (Å²) in [7, 11) is -0.426. The Balaban J connectivity index is 1.92. The Kier molecular flexibility index (Phi) is 8.39. The Morgan fingerprint density at radius 1 is 1.33 bits per heavy atom. The van der Waals surface area contributed by atoms with E-state index < -0.39 is 16.1 Å². The molecule has 1 atom stereocenters. The zero-order valence-corrected chi connectivity index (χ0v) is 20.9. The molecule has 0 aromatic heterocycles.